The first kappa shape index (κ1) is 26.6. The number of hydrogen-bond donors (Lipinski definition) is 2. The molecule has 2 aromatic carbocycles. The predicted molar refractivity (Wildman–Crippen MR) is 109 cm³/mol. The smallest absolute Gasteiger partial charge is 0.351 e. The number of rotatable bonds is 9. The molecule has 0 radical (unpaired) electrons. The Morgan fingerprint density at radius 2 is 1.45 bits per heavy atom. The van der Waals surface area contributed by atoms with Gasteiger partial charge < -0.3 is 15.5 Å². The lowest BCUT2D eigenvalue weighted by molar-refractivity contribution is -0.143. The molecule has 2 rings (SSSR count). The zero-order chi connectivity index (χ0) is 24.8. The zero-order valence-electron chi connectivity index (χ0n) is 17.9. The molecule has 33 heavy (non-hydrogen) atoms. The van der Waals surface area contributed by atoms with E-state index in [1.54, 1.807) is 0 Å². The summed E-state index contributed by atoms with van der Waals surface area (Å²) >= 11 is 0. The second kappa shape index (κ2) is 11.0. The van der Waals surface area contributed by atoms with Crippen molar-refractivity contribution in [2.75, 3.05) is 27.2 Å². The standard InChI is InChI=1S/C22H24F7N3O/c1-32(2)8-7-30-19(11-14-3-5-18(23)6-4-14)20(33)31-13-15-9-16(21(24,25)26)12-17(10-15)22(27,28)29/h3-6,9-10,12,19,30H,7-8,11,13H2,1-2H3,(H,31,33)/t19-/m0/s1. The molecule has 0 spiro atoms. The van der Waals surface area contributed by atoms with Crippen LogP contribution in [-0.2, 0) is 30.1 Å². The molecule has 0 aliphatic rings. The normalized spacial score (nSPS) is 13.3. The summed E-state index contributed by atoms with van der Waals surface area (Å²) < 4.78 is 91.4. The van der Waals surface area contributed by atoms with Crippen molar-refractivity contribution in [1.82, 2.24) is 15.5 Å². The molecule has 0 saturated carbocycles. The first-order valence-corrected chi connectivity index (χ1v) is 9.94. The monoisotopic (exact) mass is 479 g/mol. The van der Waals surface area contributed by atoms with Gasteiger partial charge in [0.25, 0.3) is 0 Å². The minimum atomic E-state index is -4.97. The van der Waals surface area contributed by atoms with Crippen LogP contribution in [0.5, 0.6) is 0 Å². The van der Waals surface area contributed by atoms with Gasteiger partial charge >= 0.3 is 12.4 Å². The summed E-state index contributed by atoms with van der Waals surface area (Å²) in [7, 11) is 3.64. The fourth-order valence-corrected chi connectivity index (χ4v) is 3.01. The van der Waals surface area contributed by atoms with Crippen LogP contribution in [0.3, 0.4) is 0 Å². The van der Waals surface area contributed by atoms with Crippen molar-refractivity contribution >= 4 is 5.91 Å². The Kier molecular flexibility index (Phi) is 8.84. The van der Waals surface area contributed by atoms with Crippen molar-refractivity contribution in [2.24, 2.45) is 0 Å². The molecule has 0 heterocycles. The van der Waals surface area contributed by atoms with Gasteiger partial charge in [-0.1, -0.05) is 12.1 Å². The molecule has 182 valence electrons. The Labute approximate surface area is 186 Å². The summed E-state index contributed by atoms with van der Waals surface area (Å²) in [4.78, 5) is 14.6. The Hall–Kier alpha value is -2.66. The topological polar surface area (TPSA) is 44.4 Å². The maximum absolute atomic E-state index is 13.2. The molecule has 0 unspecified atom stereocenters. The van der Waals surface area contributed by atoms with E-state index >= 15 is 0 Å². The van der Waals surface area contributed by atoms with Crippen molar-refractivity contribution < 1.29 is 35.5 Å². The van der Waals surface area contributed by atoms with Crippen LogP contribution >= 0.6 is 0 Å². The van der Waals surface area contributed by atoms with Gasteiger partial charge in [-0.15, -0.1) is 0 Å². The van der Waals surface area contributed by atoms with Crippen LogP contribution in [0.2, 0.25) is 0 Å². The molecule has 2 N–H and O–H groups in total. The largest absolute Gasteiger partial charge is 0.416 e. The minimum Gasteiger partial charge on any atom is -0.351 e. The van der Waals surface area contributed by atoms with Crippen molar-refractivity contribution in [1.29, 1.82) is 0 Å². The quantitative estimate of drug-likeness (QED) is 0.529. The van der Waals surface area contributed by atoms with Gasteiger partial charge in [0.2, 0.25) is 5.91 Å². The van der Waals surface area contributed by atoms with E-state index in [1.165, 1.54) is 24.3 Å². The summed E-state index contributed by atoms with van der Waals surface area (Å²) in [6.45, 7) is 0.449. The number of halogens is 7. The minimum absolute atomic E-state index is 0.0332. The molecule has 1 atom stereocenters. The highest BCUT2D eigenvalue weighted by Crippen LogP contribution is 2.36. The summed E-state index contributed by atoms with van der Waals surface area (Å²) in [6.07, 6.45) is -9.80. The van der Waals surface area contributed by atoms with E-state index in [4.69, 9.17) is 0 Å². The number of amides is 1. The molecular weight excluding hydrogens is 455 g/mol. The van der Waals surface area contributed by atoms with Gasteiger partial charge in [-0.25, -0.2) is 4.39 Å². The van der Waals surface area contributed by atoms with Crippen LogP contribution in [0.4, 0.5) is 30.7 Å². The number of carbonyl (C=O) groups excluding carboxylic acids is 1. The van der Waals surface area contributed by atoms with Gasteiger partial charge in [-0.05, 0) is 62.0 Å². The molecule has 0 aromatic heterocycles. The first-order valence-electron chi connectivity index (χ1n) is 9.94. The maximum atomic E-state index is 13.2. The summed E-state index contributed by atoms with van der Waals surface area (Å²) in [5.74, 6) is -1.06. The molecule has 4 nitrogen and oxygen atoms in total. The van der Waals surface area contributed by atoms with Crippen LogP contribution < -0.4 is 10.6 Å². The van der Waals surface area contributed by atoms with Crippen molar-refractivity contribution in [3.8, 4) is 0 Å². The summed E-state index contributed by atoms with van der Waals surface area (Å²) in [5, 5.41) is 5.42. The number of benzene rings is 2. The molecule has 0 aliphatic carbocycles. The van der Waals surface area contributed by atoms with Crippen molar-refractivity contribution in [3.05, 3.63) is 70.5 Å². The molecule has 1 amide bonds. The van der Waals surface area contributed by atoms with E-state index in [0.717, 1.165) is 0 Å². The highest BCUT2D eigenvalue weighted by Gasteiger charge is 2.36. The van der Waals surface area contributed by atoms with Crippen LogP contribution in [0, 0.1) is 5.82 Å². The molecule has 2 aromatic rings. The van der Waals surface area contributed by atoms with E-state index in [1.807, 2.05) is 19.0 Å². The third kappa shape index (κ3) is 8.65. The number of carbonyl (C=O) groups is 1. The second-order valence-electron chi connectivity index (χ2n) is 7.77. The third-order valence-corrected chi connectivity index (χ3v) is 4.73. The molecular formula is C22H24F7N3O. The average molecular weight is 479 g/mol. The van der Waals surface area contributed by atoms with Gasteiger partial charge in [-0.3, -0.25) is 4.79 Å². The summed E-state index contributed by atoms with van der Waals surface area (Å²) in [6, 6.07) is 5.79. The lowest BCUT2D eigenvalue weighted by Gasteiger charge is -2.20. The second-order valence-corrected chi connectivity index (χ2v) is 7.77. The SMILES string of the molecule is CN(C)CCN[C@@H](Cc1ccc(F)cc1)C(=O)NCc1cc(C(F)(F)F)cc(C(F)(F)F)c1. The highest BCUT2D eigenvalue weighted by atomic mass is 19.4. The molecule has 11 heteroatoms. The van der Waals surface area contributed by atoms with Gasteiger partial charge in [0.05, 0.1) is 17.2 Å². The molecule has 0 saturated heterocycles. The summed E-state index contributed by atoms with van der Waals surface area (Å²) in [5.41, 5.74) is -2.60. The van der Waals surface area contributed by atoms with Gasteiger partial charge in [0, 0.05) is 19.6 Å². The maximum Gasteiger partial charge on any atom is 0.416 e. The Balaban J connectivity index is 2.18. The Morgan fingerprint density at radius 3 is 1.94 bits per heavy atom. The predicted octanol–water partition coefficient (Wildman–Crippen LogP) is 4.24. The fourth-order valence-electron chi connectivity index (χ4n) is 3.01. The fraction of sp³-hybridized carbons (Fsp3) is 0.409. The lowest BCUT2D eigenvalue weighted by Crippen LogP contribution is -2.47. The Bertz CT molecular complexity index is 893. The highest BCUT2D eigenvalue weighted by molar-refractivity contribution is 5.82. The number of alkyl halides is 6. The number of nitrogens with one attached hydrogen (secondary N) is 2. The lowest BCUT2D eigenvalue weighted by atomic mass is 10.0. The van der Waals surface area contributed by atoms with E-state index in [0.29, 0.717) is 30.8 Å². The van der Waals surface area contributed by atoms with Crippen molar-refractivity contribution in [2.45, 2.75) is 31.4 Å². The van der Waals surface area contributed by atoms with Gasteiger partial charge in [0.1, 0.15) is 5.82 Å². The zero-order valence-corrected chi connectivity index (χ0v) is 17.9. The van der Waals surface area contributed by atoms with E-state index in [9.17, 15) is 35.5 Å². The molecule has 0 aliphatic heterocycles. The molecule has 0 bridgehead atoms. The van der Waals surface area contributed by atoms with Crippen LogP contribution in [0.1, 0.15) is 22.3 Å². The third-order valence-electron chi connectivity index (χ3n) is 4.73. The van der Waals surface area contributed by atoms with Gasteiger partial charge in [0.15, 0.2) is 0 Å². The molecule has 0 fully saturated rings. The van der Waals surface area contributed by atoms with Crippen LogP contribution in [-0.4, -0.2) is 44.0 Å². The number of nitrogens with zero attached hydrogens (tertiary/aromatic N) is 1. The Morgan fingerprint density at radius 1 is 0.909 bits per heavy atom. The number of likely N-dealkylation sites (N-methyl/N-ethyl adjacent to an activating group) is 1. The van der Waals surface area contributed by atoms with Crippen LogP contribution in [0.25, 0.3) is 0 Å². The van der Waals surface area contributed by atoms with Gasteiger partial charge in [-0.2, -0.15) is 26.3 Å². The van der Waals surface area contributed by atoms with Crippen molar-refractivity contribution in [3.63, 3.8) is 0 Å². The van der Waals surface area contributed by atoms with E-state index in [-0.39, 0.29) is 18.1 Å². The average Bonchev–Trinajstić information content (AvgIpc) is 2.71. The van der Waals surface area contributed by atoms with Crippen LogP contribution in [0.15, 0.2) is 42.5 Å². The van der Waals surface area contributed by atoms with E-state index < -0.39 is 47.8 Å². The first-order chi connectivity index (χ1) is 15.3. The number of hydrogen-bond acceptors (Lipinski definition) is 3. The van der Waals surface area contributed by atoms with E-state index in [2.05, 4.69) is 10.6 Å².